The predicted molar refractivity (Wildman–Crippen MR) is 80.4 cm³/mol. The Hall–Kier alpha value is -2.48. The Kier molecular flexibility index (Phi) is 4.71. The Balaban J connectivity index is 2.14. The highest BCUT2D eigenvalue weighted by atomic mass is 32.1. The van der Waals surface area contributed by atoms with Gasteiger partial charge in [0.15, 0.2) is 5.75 Å². The molecule has 0 N–H and O–H groups in total. The van der Waals surface area contributed by atoms with Crippen molar-refractivity contribution in [3.05, 3.63) is 49.5 Å². The molecule has 0 bridgehead atoms. The summed E-state index contributed by atoms with van der Waals surface area (Å²) in [4.78, 5) is 27.5. The maximum atomic E-state index is 12.0. The number of benzene rings is 1. The van der Waals surface area contributed by atoms with Gasteiger partial charge >= 0.3 is 11.7 Å². The Morgan fingerprint density at radius 2 is 2.14 bits per heavy atom. The van der Waals surface area contributed by atoms with E-state index in [2.05, 4.69) is 4.98 Å². The van der Waals surface area contributed by atoms with Crippen LogP contribution < -0.4 is 4.74 Å². The van der Waals surface area contributed by atoms with Crippen LogP contribution in [0.4, 0.5) is 5.69 Å². The zero-order chi connectivity index (χ0) is 16.3. The van der Waals surface area contributed by atoms with Crippen LogP contribution in [-0.2, 0) is 11.3 Å². The van der Waals surface area contributed by atoms with Crippen molar-refractivity contribution in [2.24, 2.45) is 0 Å². The van der Waals surface area contributed by atoms with Crippen molar-refractivity contribution in [2.45, 2.75) is 20.5 Å². The molecular weight excluding hydrogens is 308 g/mol. The highest BCUT2D eigenvalue weighted by Gasteiger charge is 2.19. The second kappa shape index (κ2) is 6.52. The number of nitrogens with zero attached hydrogens (tertiary/aromatic N) is 2. The quantitative estimate of drug-likeness (QED) is 0.477. The number of carbonyl (C=O) groups excluding carboxylic acids is 1. The summed E-state index contributed by atoms with van der Waals surface area (Å²) >= 11 is 1.45. The van der Waals surface area contributed by atoms with E-state index in [1.54, 1.807) is 0 Å². The summed E-state index contributed by atoms with van der Waals surface area (Å²) in [7, 11) is 1.33. The summed E-state index contributed by atoms with van der Waals surface area (Å²) < 4.78 is 10.1. The molecule has 0 aliphatic rings. The zero-order valence-electron chi connectivity index (χ0n) is 12.3. The molecule has 0 aliphatic carbocycles. The third-order valence-electron chi connectivity index (χ3n) is 2.95. The molecule has 2 aromatic rings. The highest BCUT2D eigenvalue weighted by molar-refractivity contribution is 7.11. The topological polar surface area (TPSA) is 91.6 Å². The van der Waals surface area contributed by atoms with Gasteiger partial charge in [-0.3, -0.25) is 10.1 Å². The summed E-state index contributed by atoms with van der Waals surface area (Å²) in [5.74, 6) is -0.535. The van der Waals surface area contributed by atoms with Crippen LogP contribution in [0.3, 0.4) is 0 Å². The van der Waals surface area contributed by atoms with Gasteiger partial charge in [-0.15, -0.1) is 11.3 Å². The van der Waals surface area contributed by atoms with Crippen LogP contribution in [-0.4, -0.2) is 23.0 Å². The molecule has 2 rings (SSSR count). The van der Waals surface area contributed by atoms with E-state index in [-0.39, 0.29) is 23.6 Å². The lowest BCUT2D eigenvalue weighted by Crippen LogP contribution is -2.06. The first kappa shape index (κ1) is 15.9. The normalized spacial score (nSPS) is 10.3. The third kappa shape index (κ3) is 3.40. The van der Waals surface area contributed by atoms with E-state index >= 15 is 0 Å². The molecule has 0 atom stereocenters. The van der Waals surface area contributed by atoms with Gasteiger partial charge in [-0.2, -0.15) is 0 Å². The van der Waals surface area contributed by atoms with Gasteiger partial charge in [-0.05, 0) is 26.0 Å². The standard InChI is InChI=1S/C14H14N2O5S/c1-8-13(22-9(2)15-8)7-21-14(17)10-4-5-12(20-3)11(6-10)16(18)19/h4-6H,7H2,1-3H3. The molecule has 0 saturated heterocycles. The molecule has 0 amide bonds. The van der Waals surface area contributed by atoms with Crippen LogP contribution >= 0.6 is 11.3 Å². The summed E-state index contributed by atoms with van der Waals surface area (Å²) in [6, 6.07) is 3.95. The molecule has 0 fully saturated rings. The summed E-state index contributed by atoms with van der Waals surface area (Å²) in [6.07, 6.45) is 0. The number of hydrogen-bond donors (Lipinski definition) is 0. The molecule has 1 aromatic heterocycles. The van der Waals surface area contributed by atoms with E-state index in [0.717, 1.165) is 21.6 Å². The fraction of sp³-hybridized carbons (Fsp3) is 0.286. The molecule has 0 aliphatic heterocycles. The Bertz CT molecular complexity index is 726. The molecule has 7 nitrogen and oxygen atoms in total. The number of esters is 1. The first-order valence-corrected chi connectivity index (χ1v) is 7.16. The van der Waals surface area contributed by atoms with Gasteiger partial charge in [-0.1, -0.05) is 0 Å². The van der Waals surface area contributed by atoms with E-state index in [4.69, 9.17) is 9.47 Å². The van der Waals surface area contributed by atoms with Crippen LogP contribution in [0.15, 0.2) is 18.2 Å². The molecular formula is C14H14N2O5S. The van der Waals surface area contributed by atoms with Gasteiger partial charge in [0.1, 0.15) is 6.61 Å². The van der Waals surface area contributed by atoms with E-state index in [1.807, 2.05) is 13.8 Å². The van der Waals surface area contributed by atoms with Crippen molar-refractivity contribution < 1.29 is 19.2 Å². The van der Waals surface area contributed by atoms with Gasteiger partial charge in [0.05, 0.1) is 33.2 Å². The fourth-order valence-corrected chi connectivity index (χ4v) is 2.73. The van der Waals surface area contributed by atoms with Crippen molar-refractivity contribution in [1.29, 1.82) is 0 Å². The van der Waals surface area contributed by atoms with Crippen molar-refractivity contribution in [3.8, 4) is 5.75 Å². The minimum Gasteiger partial charge on any atom is -0.490 e. The lowest BCUT2D eigenvalue weighted by atomic mass is 10.2. The number of hydrogen-bond acceptors (Lipinski definition) is 7. The summed E-state index contributed by atoms with van der Waals surface area (Å²) in [6.45, 7) is 3.80. The maximum absolute atomic E-state index is 12.0. The number of nitro benzene ring substituents is 1. The Morgan fingerprint density at radius 1 is 1.41 bits per heavy atom. The van der Waals surface area contributed by atoms with E-state index < -0.39 is 10.9 Å². The van der Waals surface area contributed by atoms with Crippen molar-refractivity contribution in [3.63, 3.8) is 0 Å². The van der Waals surface area contributed by atoms with E-state index in [0.29, 0.717) is 0 Å². The average molecular weight is 322 g/mol. The lowest BCUT2D eigenvalue weighted by molar-refractivity contribution is -0.385. The number of ether oxygens (including phenoxy) is 2. The number of nitro groups is 1. The molecule has 0 saturated carbocycles. The van der Waals surface area contributed by atoms with Crippen molar-refractivity contribution in [1.82, 2.24) is 4.98 Å². The molecule has 22 heavy (non-hydrogen) atoms. The first-order valence-electron chi connectivity index (χ1n) is 6.35. The van der Waals surface area contributed by atoms with Gasteiger partial charge in [0.25, 0.3) is 0 Å². The largest absolute Gasteiger partial charge is 0.490 e. The molecule has 0 radical (unpaired) electrons. The van der Waals surface area contributed by atoms with Crippen LogP contribution in [0.1, 0.15) is 25.9 Å². The van der Waals surface area contributed by atoms with E-state index in [9.17, 15) is 14.9 Å². The van der Waals surface area contributed by atoms with Gasteiger partial charge in [-0.25, -0.2) is 9.78 Å². The number of methoxy groups -OCH3 is 1. The smallest absolute Gasteiger partial charge is 0.338 e. The lowest BCUT2D eigenvalue weighted by Gasteiger charge is -2.06. The molecule has 116 valence electrons. The third-order valence-corrected chi connectivity index (χ3v) is 3.99. The van der Waals surface area contributed by atoms with Crippen LogP contribution in [0.2, 0.25) is 0 Å². The van der Waals surface area contributed by atoms with E-state index in [1.165, 1.54) is 30.6 Å². The van der Waals surface area contributed by atoms with Crippen LogP contribution in [0.25, 0.3) is 0 Å². The molecule has 0 unspecified atom stereocenters. The average Bonchev–Trinajstić information content (AvgIpc) is 2.81. The second-order valence-corrected chi connectivity index (χ2v) is 5.75. The van der Waals surface area contributed by atoms with Gasteiger partial charge in [0.2, 0.25) is 0 Å². The number of aromatic nitrogens is 1. The van der Waals surface area contributed by atoms with Gasteiger partial charge in [0, 0.05) is 6.07 Å². The Labute approximate surface area is 130 Å². The summed E-state index contributed by atoms with van der Waals surface area (Å²) in [5.41, 5.74) is 0.643. The van der Waals surface area contributed by atoms with Crippen LogP contribution in [0, 0.1) is 24.0 Å². The van der Waals surface area contributed by atoms with Crippen molar-refractivity contribution in [2.75, 3.05) is 7.11 Å². The van der Waals surface area contributed by atoms with Crippen molar-refractivity contribution >= 4 is 23.0 Å². The number of thiazole rings is 1. The highest BCUT2D eigenvalue weighted by Crippen LogP contribution is 2.28. The summed E-state index contributed by atoms with van der Waals surface area (Å²) in [5, 5.41) is 11.8. The fourth-order valence-electron chi connectivity index (χ4n) is 1.88. The zero-order valence-corrected chi connectivity index (χ0v) is 13.1. The monoisotopic (exact) mass is 322 g/mol. The SMILES string of the molecule is COc1ccc(C(=O)OCc2sc(C)nc2C)cc1[N+](=O)[O-]. The number of rotatable bonds is 5. The minimum atomic E-state index is -0.629. The predicted octanol–water partition coefficient (Wildman–Crippen LogP) is 3.03. The molecule has 1 aromatic carbocycles. The minimum absolute atomic E-state index is 0.0930. The maximum Gasteiger partial charge on any atom is 0.338 e. The number of aryl methyl sites for hydroxylation is 2. The molecule has 0 spiro atoms. The molecule has 8 heteroatoms. The molecule has 1 heterocycles. The Morgan fingerprint density at radius 3 is 2.68 bits per heavy atom. The van der Waals surface area contributed by atoms with Crippen LogP contribution in [0.5, 0.6) is 5.75 Å². The second-order valence-electron chi connectivity index (χ2n) is 4.46. The van der Waals surface area contributed by atoms with Gasteiger partial charge < -0.3 is 9.47 Å². The first-order chi connectivity index (χ1) is 10.4. The number of carbonyl (C=O) groups is 1.